The van der Waals surface area contributed by atoms with Crippen LogP contribution in [0.25, 0.3) is 0 Å². The quantitative estimate of drug-likeness (QED) is 0.810. The Morgan fingerprint density at radius 3 is 2.62 bits per heavy atom. The molecule has 0 aliphatic rings. The summed E-state index contributed by atoms with van der Waals surface area (Å²) < 4.78 is 5.51. The minimum Gasteiger partial charge on any atom is -0.436 e. The summed E-state index contributed by atoms with van der Waals surface area (Å²) in [5.74, 6) is 0.855. The molecular weight excluding hydrogens is 220 g/mol. The van der Waals surface area contributed by atoms with Gasteiger partial charge < -0.3 is 10.2 Å². The standard InChI is InChI=1S/C12H14N2OS/c1-7-5-4-6-10(11(7)13)16-12-14-8(2)9(3)15-12/h4-6H,13H2,1-3H3. The predicted octanol–water partition coefficient (Wildman–Crippen LogP) is 3.33. The van der Waals surface area contributed by atoms with Crippen molar-refractivity contribution < 1.29 is 4.42 Å². The van der Waals surface area contributed by atoms with Crippen LogP contribution in [0.1, 0.15) is 17.0 Å². The molecule has 2 aromatic rings. The van der Waals surface area contributed by atoms with Gasteiger partial charge in [-0.15, -0.1) is 0 Å². The van der Waals surface area contributed by atoms with Crippen LogP contribution in [-0.2, 0) is 0 Å². The summed E-state index contributed by atoms with van der Waals surface area (Å²) >= 11 is 1.46. The fourth-order valence-corrected chi connectivity index (χ4v) is 2.28. The number of oxazole rings is 1. The molecule has 3 nitrogen and oxygen atoms in total. The molecule has 0 amide bonds. The summed E-state index contributed by atoms with van der Waals surface area (Å²) in [6.07, 6.45) is 0. The van der Waals surface area contributed by atoms with Crippen LogP contribution in [0.4, 0.5) is 5.69 Å². The van der Waals surface area contributed by atoms with Gasteiger partial charge in [-0.1, -0.05) is 12.1 Å². The molecule has 0 aliphatic carbocycles. The third kappa shape index (κ3) is 2.07. The van der Waals surface area contributed by atoms with Gasteiger partial charge in [0.05, 0.1) is 5.69 Å². The summed E-state index contributed by atoms with van der Waals surface area (Å²) in [7, 11) is 0. The topological polar surface area (TPSA) is 52.0 Å². The summed E-state index contributed by atoms with van der Waals surface area (Å²) in [5.41, 5.74) is 8.78. The SMILES string of the molecule is Cc1cccc(Sc2nc(C)c(C)o2)c1N. The third-order valence-corrected chi connectivity index (χ3v) is 3.42. The number of aryl methyl sites for hydroxylation is 3. The van der Waals surface area contributed by atoms with Gasteiger partial charge in [-0.3, -0.25) is 0 Å². The fourth-order valence-electron chi connectivity index (χ4n) is 1.32. The Kier molecular flexibility index (Phi) is 2.92. The molecule has 2 rings (SSSR count). The highest BCUT2D eigenvalue weighted by atomic mass is 32.2. The summed E-state index contributed by atoms with van der Waals surface area (Å²) in [5, 5.41) is 0.646. The van der Waals surface area contributed by atoms with Crippen molar-refractivity contribution in [3.05, 3.63) is 35.2 Å². The van der Waals surface area contributed by atoms with E-state index in [-0.39, 0.29) is 0 Å². The van der Waals surface area contributed by atoms with Crippen LogP contribution >= 0.6 is 11.8 Å². The van der Waals surface area contributed by atoms with Crippen LogP contribution in [0.5, 0.6) is 0 Å². The van der Waals surface area contributed by atoms with Crippen LogP contribution in [0.3, 0.4) is 0 Å². The third-order valence-electron chi connectivity index (χ3n) is 2.49. The van der Waals surface area contributed by atoms with Crippen molar-refractivity contribution in [3.8, 4) is 0 Å². The monoisotopic (exact) mass is 234 g/mol. The van der Waals surface area contributed by atoms with Crippen molar-refractivity contribution in [1.29, 1.82) is 0 Å². The maximum absolute atomic E-state index is 5.99. The van der Waals surface area contributed by atoms with Gasteiger partial charge in [-0.2, -0.15) is 0 Å². The van der Waals surface area contributed by atoms with Crippen LogP contribution in [0.15, 0.2) is 32.7 Å². The molecule has 0 radical (unpaired) electrons. The van der Waals surface area contributed by atoms with Crippen LogP contribution in [-0.4, -0.2) is 4.98 Å². The molecule has 1 heterocycles. The largest absolute Gasteiger partial charge is 0.436 e. The van der Waals surface area contributed by atoms with Gasteiger partial charge in [-0.05, 0) is 44.2 Å². The first-order valence-electron chi connectivity index (χ1n) is 5.05. The average molecular weight is 234 g/mol. The molecule has 4 heteroatoms. The number of benzene rings is 1. The summed E-state index contributed by atoms with van der Waals surface area (Å²) in [6, 6.07) is 5.95. The maximum atomic E-state index is 5.99. The molecule has 0 saturated carbocycles. The van der Waals surface area contributed by atoms with Gasteiger partial charge in [0, 0.05) is 10.6 Å². The Bertz CT molecular complexity index is 500. The molecule has 1 aromatic carbocycles. The number of nitrogens with zero attached hydrogens (tertiary/aromatic N) is 1. The number of aromatic nitrogens is 1. The van der Waals surface area contributed by atoms with Crippen molar-refractivity contribution in [1.82, 2.24) is 4.98 Å². The number of anilines is 1. The van der Waals surface area contributed by atoms with E-state index < -0.39 is 0 Å². The van der Waals surface area contributed by atoms with Gasteiger partial charge in [0.15, 0.2) is 0 Å². The van der Waals surface area contributed by atoms with Crippen molar-refractivity contribution in [2.24, 2.45) is 0 Å². The fraction of sp³-hybridized carbons (Fsp3) is 0.250. The van der Waals surface area contributed by atoms with E-state index in [1.807, 2.05) is 39.0 Å². The van der Waals surface area contributed by atoms with Gasteiger partial charge in [0.25, 0.3) is 5.22 Å². The van der Waals surface area contributed by atoms with Crippen LogP contribution in [0.2, 0.25) is 0 Å². The van der Waals surface area contributed by atoms with Crippen molar-refractivity contribution in [2.45, 2.75) is 30.9 Å². The highest BCUT2D eigenvalue weighted by Crippen LogP contribution is 2.33. The van der Waals surface area contributed by atoms with Crippen molar-refractivity contribution in [2.75, 3.05) is 5.73 Å². The van der Waals surface area contributed by atoms with E-state index in [4.69, 9.17) is 10.2 Å². The van der Waals surface area contributed by atoms with Gasteiger partial charge >= 0.3 is 0 Å². The molecule has 0 fully saturated rings. The lowest BCUT2D eigenvalue weighted by Gasteiger charge is -2.04. The highest BCUT2D eigenvalue weighted by molar-refractivity contribution is 7.99. The first-order valence-corrected chi connectivity index (χ1v) is 5.86. The number of hydrogen-bond acceptors (Lipinski definition) is 4. The number of rotatable bonds is 2. The Morgan fingerprint density at radius 1 is 1.25 bits per heavy atom. The molecule has 0 aliphatic heterocycles. The Morgan fingerprint density at radius 2 is 2.00 bits per heavy atom. The first-order chi connectivity index (χ1) is 7.58. The second-order valence-electron chi connectivity index (χ2n) is 3.71. The van der Waals surface area contributed by atoms with E-state index in [1.54, 1.807) is 0 Å². The van der Waals surface area contributed by atoms with E-state index >= 15 is 0 Å². The Balaban J connectivity index is 2.30. The number of hydrogen-bond donors (Lipinski definition) is 1. The van der Waals surface area contributed by atoms with E-state index in [0.29, 0.717) is 5.22 Å². The minimum atomic E-state index is 0.646. The molecule has 84 valence electrons. The lowest BCUT2D eigenvalue weighted by atomic mass is 10.2. The predicted molar refractivity (Wildman–Crippen MR) is 65.7 cm³/mol. The molecule has 0 saturated heterocycles. The summed E-state index contributed by atoms with van der Waals surface area (Å²) in [6.45, 7) is 5.83. The van der Waals surface area contributed by atoms with Gasteiger partial charge in [0.1, 0.15) is 5.76 Å². The number of nitrogens with two attached hydrogens (primary N) is 1. The molecule has 0 atom stereocenters. The lowest BCUT2D eigenvalue weighted by molar-refractivity contribution is 0.431. The molecule has 0 spiro atoms. The van der Waals surface area contributed by atoms with Gasteiger partial charge in [-0.25, -0.2) is 4.98 Å². The van der Waals surface area contributed by atoms with E-state index in [2.05, 4.69) is 4.98 Å². The molecule has 16 heavy (non-hydrogen) atoms. The van der Waals surface area contributed by atoms with E-state index in [1.165, 1.54) is 11.8 Å². The molecule has 0 bridgehead atoms. The van der Waals surface area contributed by atoms with E-state index in [0.717, 1.165) is 27.6 Å². The normalized spacial score (nSPS) is 10.7. The van der Waals surface area contributed by atoms with Crippen LogP contribution < -0.4 is 5.73 Å². The lowest BCUT2D eigenvalue weighted by Crippen LogP contribution is -1.91. The summed E-state index contributed by atoms with van der Waals surface area (Å²) in [4.78, 5) is 5.30. The number of nitrogen functional groups attached to an aromatic ring is 1. The van der Waals surface area contributed by atoms with Crippen LogP contribution in [0, 0.1) is 20.8 Å². The van der Waals surface area contributed by atoms with Gasteiger partial charge in [0.2, 0.25) is 0 Å². The molecule has 1 aromatic heterocycles. The second-order valence-corrected chi connectivity index (χ2v) is 4.70. The Hall–Kier alpha value is -1.42. The first kappa shape index (κ1) is 11.1. The zero-order chi connectivity index (χ0) is 11.7. The molecule has 0 unspecified atom stereocenters. The van der Waals surface area contributed by atoms with Crippen molar-refractivity contribution in [3.63, 3.8) is 0 Å². The average Bonchev–Trinajstić information content (AvgIpc) is 2.54. The molecule has 2 N–H and O–H groups in total. The second kappa shape index (κ2) is 4.22. The smallest absolute Gasteiger partial charge is 0.261 e. The number of para-hydroxylation sites is 1. The minimum absolute atomic E-state index is 0.646. The highest BCUT2D eigenvalue weighted by Gasteiger charge is 2.10. The molecular formula is C12H14N2OS. The zero-order valence-corrected chi connectivity index (χ0v) is 10.4. The van der Waals surface area contributed by atoms with E-state index in [9.17, 15) is 0 Å². The zero-order valence-electron chi connectivity index (χ0n) is 9.57. The maximum Gasteiger partial charge on any atom is 0.261 e. The van der Waals surface area contributed by atoms with Crippen molar-refractivity contribution >= 4 is 17.4 Å². The Labute approximate surface area is 99.1 Å².